The average molecular weight is 482 g/mol. The van der Waals surface area contributed by atoms with E-state index in [1.165, 1.54) is 18.2 Å². The van der Waals surface area contributed by atoms with E-state index < -0.39 is 23.0 Å². The Kier molecular flexibility index (Phi) is 6.90. The molecule has 1 unspecified atom stereocenters. The monoisotopic (exact) mass is 481 g/mol. The van der Waals surface area contributed by atoms with Crippen LogP contribution in [0.2, 0.25) is 0 Å². The molecule has 4 aromatic rings. The van der Waals surface area contributed by atoms with Crippen molar-refractivity contribution >= 4 is 11.4 Å². The number of rotatable bonds is 8. The molecule has 0 spiro atoms. The molecule has 1 atom stereocenters. The van der Waals surface area contributed by atoms with Crippen molar-refractivity contribution < 1.29 is 17.6 Å². The van der Waals surface area contributed by atoms with Crippen molar-refractivity contribution in [2.45, 2.75) is 18.9 Å². The number of anilines is 2. The second-order valence-corrected chi connectivity index (χ2v) is 8.56. The average Bonchev–Trinajstić information content (AvgIpc) is 3.34. The maximum Gasteiger partial charge on any atom is 0.250 e. The van der Waals surface area contributed by atoms with Gasteiger partial charge in [-0.2, -0.15) is 0 Å². The molecule has 0 radical (unpaired) electrons. The molecule has 1 heterocycles. The summed E-state index contributed by atoms with van der Waals surface area (Å²) < 4.78 is 49.6. The molecule has 1 aromatic heterocycles. The third-order valence-corrected chi connectivity index (χ3v) is 5.69. The van der Waals surface area contributed by atoms with E-state index in [0.717, 1.165) is 17.2 Å². The first-order valence-corrected chi connectivity index (χ1v) is 11.1. The SMILES string of the molecule is CCc1ccc(Nc2c(-c3nnc(C(N)(CN(C)C)c4ccccc4)o3)ccc(F)c2F)c(F)c1. The standard InChI is InChI=1S/C26H26F3N5O/c1-4-16-10-13-21(20(28)14-16)31-23-18(11-12-19(27)22(23)29)24-32-33-25(35-24)26(30,15-34(2)3)17-8-6-5-7-9-17/h5-14,31H,4,15,30H2,1-3H3. The molecule has 35 heavy (non-hydrogen) atoms. The Bertz CT molecular complexity index is 1330. The fourth-order valence-corrected chi connectivity index (χ4v) is 3.89. The number of hydrogen-bond donors (Lipinski definition) is 2. The van der Waals surface area contributed by atoms with E-state index in [0.29, 0.717) is 13.0 Å². The number of aromatic nitrogens is 2. The van der Waals surface area contributed by atoms with Crippen molar-refractivity contribution in [3.05, 3.63) is 95.1 Å². The van der Waals surface area contributed by atoms with Crippen molar-refractivity contribution in [3.63, 3.8) is 0 Å². The summed E-state index contributed by atoms with van der Waals surface area (Å²) in [5.74, 6) is -2.89. The van der Waals surface area contributed by atoms with Crippen LogP contribution < -0.4 is 11.1 Å². The minimum absolute atomic E-state index is 0.0160. The van der Waals surface area contributed by atoms with Crippen LogP contribution in [0.15, 0.2) is 65.1 Å². The summed E-state index contributed by atoms with van der Waals surface area (Å²) in [5, 5.41) is 10.9. The lowest BCUT2D eigenvalue weighted by atomic mass is 9.90. The van der Waals surface area contributed by atoms with Crippen LogP contribution >= 0.6 is 0 Å². The highest BCUT2D eigenvalue weighted by atomic mass is 19.2. The van der Waals surface area contributed by atoms with Gasteiger partial charge in [0, 0.05) is 6.54 Å². The predicted octanol–water partition coefficient (Wildman–Crippen LogP) is 5.22. The van der Waals surface area contributed by atoms with Crippen LogP contribution in [0.5, 0.6) is 0 Å². The zero-order valence-electron chi connectivity index (χ0n) is 19.6. The molecule has 0 amide bonds. The van der Waals surface area contributed by atoms with Gasteiger partial charge in [-0.25, -0.2) is 13.2 Å². The molecule has 3 N–H and O–H groups in total. The molecule has 0 aliphatic carbocycles. The molecule has 0 aliphatic heterocycles. The second kappa shape index (κ2) is 9.89. The van der Waals surface area contributed by atoms with Gasteiger partial charge in [0.15, 0.2) is 11.6 Å². The molecule has 0 saturated heterocycles. The third-order valence-electron chi connectivity index (χ3n) is 5.69. The molecule has 4 rings (SSSR count). The number of nitrogens with two attached hydrogens (primary N) is 1. The van der Waals surface area contributed by atoms with Gasteiger partial charge >= 0.3 is 0 Å². The zero-order chi connectivity index (χ0) is 25.2. The summed E-state index contributed by atoms with van der Waals surface area (Å²) in [5.41, 5.74) is 6.85. The van der Waals surface area contributed by atoms with Gasteiger partial charge in [0.2, 0.25) is 11.8 Å². The molecule has 0 aliphatic rings. The second-order valence-electron chi connectivity index (χ2n) is 8.56. The first kappa shape index (κ1) is 24.4. The summed E-state index contributed by atoms with van der Waals surface area (Å²) in [6, 6.07) is 16.0. The summed E-state index contributed by atoms with van der Waals surface area (Å²) in [6.45, 7) is 2.24. The van der Waals surface area contributed by atoms with Gasteiger partial charge in [0.25, 0.3) is 0 Å². The number of hydrogen-bond acceptors (Lipinski definition) is 6. The Labute approximate surface area is 201 Å². The fourth-order valence-electron chi connectivity index (χ4n) is 3.89. The first-order valence-electron chi connectivity index (χ1n) is 11.1. The maximum atomic E-state index is 14.9. The topological polar surface area (TPSA) is 80.2 Å². The molecule has 182 valence electrons. The van der Waals surface area contributed by atoms with E-state index in [2.05, 4.69) is 15.5 Å². The lowest BCUT2D eigenvalue weighted by Crippen LogP contribution is -2.47. The van der Waals surface area contributed by atoms with Crippen molar-refractivity contribution in [2.75, 3.05) is 26.0 Å². The van der Waals surface area contributed by atoms with Gasteiger partial charge in [-0.15, -0.1) is 10.2 Å². The number of likely N-dealkylation sites (N-methyl/N-ethyl adjacent to an activating group) is 1. The molecule has 0 saturated carbocycles. The van der Waals surface area contributed by atoms with Crippen LogP contribution in [-0.2, 0) is 12.0 Å². The fraction of sp³-hybridized carbons (Fsp3) is 0.231. The van der Waals surface area contributed by atoms with E-state index in [1.54, 1.807) is 6.07 Å². The Morgan fingerprint density at radius 3 is 2.37 bits per heavy atom. The highest BCUT2D eigenvalue weighted by Gasteiger charge is 2.37. The summed E-state index contributed by atoms with van der Waals surface area (Å²) in [7, 11) is 3.72. The van der Waals surface area contributed by atoms with Crippen molar-refractivity contribution in [1.29, 1.82) is 0 Å². The highest BCUT2D eigenvalue weighted by Crippen LogP contribution is 2.36. The number of nitrogens with one attached hydrogen (secondary N) is 1. The van der Waals surface area contributed by atoms with Gasteiger partial charge in [0.05, 0.1) is 16.9 Å². The van der Waals surface area contributed by atoms with Crippen LogP contribution in [0, 0.1) is 17.5 Å². The summed E-state index contributed by atoms with van der Waals surface area (Å²) in [6.07, 6.45) is 0.636. The van der Waals surface area contributed by atoms with Crippen molar-refractivity contribution in [2.24, 2.45) is 5.73 Å². The van der Waals surface area contributed by atoms with Crippen LogP contribution in [0.25, 0.3) is 11.5 Å². The van der Waals surface area contributed by atoms with Crippen molar-refractivity contribution in [1.82, 2.24) is 15.1 Å². The van der Waals surface area contributed by atoms with E-state index in [9.17, 15) is 13.2 Å². The third kappa shape index (κ3) is 4.91. The maximum absolute atomic E-state index is 14.9. The zero-order valence-corrected chi connectivity index (χ0v) is 19.6. The lowest BCUT2D eigenvalue weighted by Gasteiger charge is -2.29. The summed E-state index contributed by atoms with van der Waals surface area (Å²) in [4.78, 5) is 1.88. The first-order chi connectivity index (χ1) is 16.7. The Balaban J connectivity index is 1.78. The van der Waals surface area contributed by atoms with E-state index >= 15 is 0 Å². The molecule has 6 nitrogen and oxygen atoms in total. The van der Waals surface area contributed by atoms with Gasteiger partial charge in [0.1, 0.15) is 11.4 Å². The van der Waals surface area contributed by atoms with Crippen LogP contribution in [0.3, 0.4) is 0 Å². The minimum Gasteiger partial charge on any atom is -0.418 e. The normalized spacial score (nSPS) is 13.1. The van der Waals surface area contributed by atoms with Gasteiger partial charge in [-0.3, -0.25) is 0 Å². The molecule has 9 heteroatoms. The predicted molar refractivity (Wildman–Crippen MR) is 129 cm³/mol. The van der Waals surface area contributed by atoms with E-state index in [1.807, 2.05) is 56.3 Å². The number of benzene rings is 3. The van der Waals surface area contributed by atoms with Crippen molar-refractivity contribution in [3.8, 4) is 11.5 Å². The van der Waals surface area contributed by atoms with Crippen LogP contribution in [0.1, 0.15) is 23.9 Å². The molecular formula is C26H26F3N5O. The molecular weight excluding hydrogens is 455 g/mol. The smallest absolute Gasteiger partial charge is 0.250 e. The molecule has 3 aromatic carbocycles. The van der Waals surface area contributed by atoms with E-state index in [4.69, 9.17) is 10.2 Å². The Hall–Kier alpha value is -3.69. The highest BCUT2D eigenvalue weighted by molar-refractivity contribution is 5.77. The van der Waals surface area contributed by atoms with E-state index in [-0.39, 0.29) is 28.7 Å². The van der Waals surface area contributed by atoms with Crippen LogP contribution in [0.4, 0.5) is 24.5 Å². The van der Waals surface area contributed by atoms with Crippen LogP contribution in [-0.4, -0.2) is 35.7 Å². The Morgan fingerprint density at radius 1 is 0.971 bits per heavy atom. The number of halogens is 3. The van der Waals surface area contributed by atoms with Gasteiger partial charge in [-0.05, 0) is 55.9 Å². The largest absolute Gasteiger partial charge is 0.418 e. The van der Waals surface area contributed by atoms with Gasteiger partial charge in [-0.1, -0.05) is 43.3 Å². The summed E-state index contributed by atoms with van der Waals surface area (Å²) >= 11 is 0. The quantitative estimate of drug-likeness (QED) is 0.359. The molecule has 0 bridgehead atoms. The van der Waals surface area contributed by atoms with Gasteiger partial charge < -0.3 is 20.4 Å². The number of nitrogens with zero attached hydrogens (tertiary/aromatic N) is 3. The molecule has 0 fully saturated rings. The minimum atomic E-state index is -1.20. The number of aryl methyl sites for hydroxylation is 1. The lowest BCUT2D eigenvalue weighted by molar-refractivity contribution is 0.278. The Morgan fingerprint density at radius 2 is 1.71 bits per heavy atom.